The Bertz CT molecular complexity index is 465. The zero-order valence-corrected chi connectivity index (χ0v) is 11.0. The number of hydrogen-bond donors (Lipinski definition) is 2. The summed E-state index contributed by atoms with van der Waals surface area (Å²) in [6.07, 6.45) is 0.658. The summed E-state index contributed by atoms with van der Waals surface area (Å²) in [5, 5.41) is 2.76. The van der Waals surface area contributed by atoms with Gasteiger partial charge in [-0.25, -0.2) is 4.39 Å². The molecule has 0 aliphatic carbocycles. The molecule has 1 fully saturated rings. The topological polar surface area (TPSA) is 64.3 Å². The zero-order chi connectivity index (χ0) is 13.8. The van der Waals surface area contributed by atoms with Crippen molar-refractivity contribution >= 4 is 5.91 Å². The number of nitrogens with one attached hydrogen (secondary N) is 1. The van der Waals surface area contributed by atoms with Crippen LogP contribution in [0.15, 0.2) is 18.2 Å². The molecule has 2 rings (SSSR count). The van der Waals surface area contributed by atoms with Gasteiger partial charge in [0.05, 0.1) is 12.0 Å². The predicted molar refractivity (Wildman–Crippen MR) is 69.7 cm³/mol. The van der Waals surface area contributed by atoms with E-state index in [9.17, 15) is 9.18 Å². The fourth-order valence-corrected chi connectivity index (χ4v) is 2.25. The van der Waals surface area contributed by atoms with E-state index in [1.165, 1.54) is 6.07 Å². The summed E-state index contributed by atoms with van der Waals surface area (Å²) >= 11 is 0. The molecule has 1 aromatic carbocycles. The fourth-order valence-electron chi connectivity index (χ4n) is 2.25. The Kier molecular flexibility index (Phi) is 4.50. The van der Waals surface area contributed by atoms with Crippen molar-refractivity contribution in [3.05, 3.63) is 35.1 Å². The number of carbonyl (C=O) groups excluding carboxylic acids is 1. The minimum atomic E-state index is -0.334. The van der Waals surface area contributed by atoms with Gasteiger partial charge in [0.25, 0.3) is 0 Å². The number of amides is 1. The Labute approximate surface area is 112 Å². The minimum Gasteiger partial charge on any atom is -0.378 e. The van der Waals surface area contributed by atoms with Gasteiger partial charge in [-0.05, 0) is 25.0 Å². The molecule has 1 heterocycles. The second-order valence-electron chi connectivity index (χ2n) is 4.82. The monoisotopic (exact) mass is 266 g/mol. The van der Waals surface area contributed by atoms with Crippen molar-refractivity contribution in [2.24, 2.45) is 11.7 Å². The summed E-state index contributed by atoms with van der Waals surface area (Å²) in [5.74, 6) is -0.544. The van der Waals surface area contributed by atoms with Gasteiger partial charge in [-0.3, -0.25) is 4.79 Å². The van der Waals surface area contributed by atoms with E-state index >= 15 is 0 Å². The zero-order valence-electron chi connectivity index (χ0n) is 11.0. The van der Waals surface area contributed by atoms with Crippen molar-refractivity contribution in [3.8, 4) is 0 Å². The van der Waals surface area contributed by atoms with Crippen molar-refractivity contribution in [1.29, 1.82) is 0 Å². The number of hydrogen-bond acceptors (Lipinski definition) is 3. The molecule has 0 bridgehead atoms. The Morgan fingerprint density at radius 2 is 2.37 bits per heavy atom. The highest BCUT2D eigenvalue weighted by Gasteiger charge is 2.30. The summed E-state index contributed by atoms with van der Waals surface area (Å²) in [4.78, 5) is 11.9. The van der Waals surface area contributed by atoms with E-state index in [0.29, 0.717) is 18.7 Å². The highest BCUT2D eigenvalue weighted by Crippen LogP contribution is 2.20. The maximum atomic E-state index is 13.7. The normalized spacial score (nSPS) is 22.5. The molecule has 1 amide bonds. The first-order chi connectivity index (χ1) is 9.11. The van der Waals surface area contributed by atoms with Crippen molar-refractivity contribution in [3.63, 3.8) is 0 Å². The van der Waals surface area contributed by atoms with Crippen LogP contribution in [0.5, 0.6) is 0 Å². The lowest BCUT2D eigenvalue weighted by molar-refractivity contribution is -0.126. The Hall–Kier alpha value is -1.46. The number of halogens is 1. The maximum absolute atomic E-state index is 13.7. The molecule has 0 aromatic heterocycles. The number of carbonyl (C=O) groups is 1. The smallest absolute Gasteiger partial charge is 0.226 e. The molecular formula is C14H19FN2O2. The Morgan fingerprint density at radius 1 is 1.58 bits per heavy atom. The molecule has 0 radical (unpaired) electrons. The fraction of sp³-hybridized carbons (Fsp3) is 0.500. The molecule has 0 spiro atoms. The molecular weight excluding hydrogens is 247 g/mol. The van der Waals surface area contributed by atoms with Gasteiger partial charge >= 0.3 is 0 Å². The third-order valence-electron chi connectivity index (χ3n) is 3.52. The summed E-state index contributed by atoms with van der Waals surface area (Å²) < 4.78 is 19.1. The second-order valence-corrected chi connectivity index (χ2v) is 4.82. The third kappa shape index (κ3) is 3.30. The molecule has 1 aliphatic heterocycles. The molecule has 3 N–H and O–H groups in total. The van der Waals surface area contributed by atoms with Crippen LogP contribution in [0.3, 0.4) is 0 Å². The van der Waals surface area contributed by atoms with E-state index in [1.54, 1.807) is 12.1 Å². The molecule has 5 heteroatoms. The van der Waals surface area contributed by atoms with Crippen LogP contribution in [0.2, 0.25) is 0 Å². The van der Waals surface area contributed by atoms with Gasteiger partial charge in [-0.2, -0.15) is 0 Å². The van der Waals surface area contributed by atoms with Crippen molar-refractivity contribution in [1.82, 2.24) is 5.32 Å². The standard InChI is InChI=1S/C14H19FN2O2/c1-9-12(4-5-19-9)14(18)17-8-11-3-2-10(7-16)6-13(11)15/h2-3,6,9,12H,4-5,7-8,16H2,1H3,(H,17,18). The summed E-state index contributed by atoms with van der Waals surface area (Å²) in [6.45, 7) is 2.99. The lowest BCUT2D eigenvalue weighted by atomic mass is 10.0. The molecule has 1 saturated heterocycles. The van der Waals surface area contributed by atoms with E-state index < -0.39 is 0 Å². The van der Waals surface area contributed by atoms with Crippen LogP contribution in [-0.4, -0.2) is 18.6 Å². The van der Waals surface area contributed by atoms with Gasteiger partial charge in [-0.15, -0.1) is 0 Å². The maximum Gasteiger partial charge on any atom is 0.226 e. The number of ether oxygens (including phenoxy) is 1. The largest absolute Gasteiger partial charge is 0.378 e. The Balaban J connectivity index is 1.93. The second kappa shape index (κ2) is 6.12. The van der Waals surface area contributed by atoms with Crippen LogP contribution in [0.25, 0.3) is 0 Å². The molecule has 1 aliphatic rings. The van der Waals surface area contributed by atoms with Crippen LogP contribution >= 0.6 is 0 Å². The number of benzene rings is 1. The molecule has 2 unspecified atom stereocenters. The van der Waals surface area contributed by atoms with Crippen LogP contribution in [0.4, 0.5) is 4.39 Å². The quantitative estimate of drug-likeness (QED) is 0.864. The summed E-state index contributed by atoms with van der Waals surface area (Å²) in [5.41, 5.74) is 6.65. The van der Waals surface area contributed by atoms with Gasteiger partial charge in [0, 0.05) is 25.3 Å². The first-order valence-corrected chi connectivity index (χ1v) is 6.48. The first-order valence-electron chi connectivity index (χ1n) is 6.48. The molecule has 1 aromatic rings. The summed E-state index contributed by atoms with van der Waals surface area (Å²) in [7, 11) is 0. The molecule has 2 atom stereocenters. The lowest BCUT2D eigenvalue weighted by Gasteiger charge is -2.14. The van der Waals surface area contributed by atoms with Gasteiger partial charge < -0.3 is 15.8 Å². The number of nitrogens with two attached hydrogens (primary N) is 1. The predicted octanol–water partition coefficient (Wildman–Crippen LogP) is 1.33. The van der Waals surface area contributed by atoms with Crippen LogP contribution in [0.1, 0.15) is 24.5 Å². The highest BCUT2D eigenvalue weighted by molar-refractivity contribution is 5.79. The van der Waals surface area contributed by atoms with Gasteiger partial charge in [-0.1, -0.05) is 12.1 Å². The van der Waals surface area contributed by atoms with Crippen LogP contribution in [-0.2, 0) is 22.6 Å². The minimum absolute atomic E-state index is 0.0653. The average Bonchev–Trinajstić information content (AvgIpc) is 2.83. The highest BCUT2D eigenvalue weighted by atomic mass is 19.1. The SMILES string of the molecule is CC1OCCC1C(=O)NCc1ccc(CN)cc1F. The molecule has 19 heavy (non-hydrogen) atoms. The van der Waals surface area contributed by atoms with E-state index in [1.807, 2.05) is 6.92 Å². The van der Waals surface area contributed by atoms with E-state index in [4.69, 9.17) is 10.5 Å². The van der Waals surface area contributed by atoms with E-state index in [0.717, 1.165) is 12.0 Å². The molecule has 104 valence electrons. The lowest BCUT2D eigenvalue weighted by Crippen LogP contribution is -2.33. The molecule has 0 saturated carbocycles. The number of rotatable bonds is 4. The van der Waals surface area contributed by atoms with Gasteiger partial charge in [0.2, 0.25) is 5.91 Å². The third-order valence-corrected chi connectivity index (χ3v) is 3.52. The first kappa shape index (κ1) is 14.0. The van der Waals surface area contributed by atoms with Crippen molar-refractivity contribution in [2.45, 2.75) is 32.5 Å². The van der Waals surface area contributed by atoms with Gasteiger partial charge in [0.1, 0.15) is 5.82 Å². The van der Waals surface area contributed by atoms with Crippen LogP contribution in [0, 0.1) is 11.7 Å². The van der Waals surface area contributed by atoms with Gasteiger partial charge in [0.15, 0.2) is 0 Å². The summed E-state index contributed by atoms with van der Waals surface area (Å²) in [6, 6.07) is 4.83. The van der Waals surface area contributed by atoms with Crippen molar-refractivity contribution in [2.75, 3.05) is 6.61 Å². The van der Waals surface area contributed by atoms with E-state index in [-0.39, 0.29) is 30.3 Å². The van der Waals surface area contributed by atoms with Crippen molar-refractivity contribution < 1.29 is 13.9 Å². The molecule has 4 nitrogen and oxygen atoms in total. The van der Waals surface area contributed by atoms with E-state index in [2.05, 4.69) is 5.32 Å². The van der Waals surface area contributed by atoms with Crippen LogP contribution < -0.4 is 11.1 Å². The Morgan fingerprint density at radius 3 is 2.95 bits per heavy atom. The average molecular weight is 266 g/mol.